The molecule has 0 saturated heterocycles. The molecule has 0 N–H and O–H groups in total. The van der Waals surface area contributed by atoms with Gasteiger partial charge in [-0.1, -0.05) is 13.0 Å². The van der Waals surface area contributed by atoms with E-state index in [1.165, 1.54) is 11.1 Å². The number of benzene rings is 1. The minimum Gasteiger partial charge on any atom is -0.496 e. The van der Waals surface area contributed by atoms with Crippen molar-refractivity contribution in [3.05, 3.63) is 28.8 Å². The number of aryl methyl sites for hydroxylation is 2. The van der Waals surface area contributed by atoms with Crippen molar-refractivity contribution >= 4 is 5.78 Å². The lowest BCUT2D eigenvalue weighted by Gasteiger charge is -2.19. The highest BCUT2D eigenvalue weighted by molar-refractivity contribution is 5.84. The fourth-order valence-corrected chi connectivity index (χ4v) is 2.86. The van der Waals surface area contributed by atoms with E-state index in [-0.39, 0.29) is 5.92 Å². The highest BCUT2D eigenvalue weighted by atomic mass is 16.5. The van der Waals surface area contributed by atoms with E-state index in [4.69, 9.17) is 4.74 Å². The minimum atomic E-state index is 0.168. The molecule has 1 saturated carbocycles. The van der Waals surface area contributed by atoms with Crippen LogP contribution in [0.5, 0.6) is 5.75 Å². The Morgan fingerprint density at radius 2 is 1.94 bits per heavy atom. The van der Waals surface area contributed by atoms with Crippen LogP contribution in [0, 0.1) is 19.8 Å². The summed E-state index contributed by atoms with van der Waals surface area (Å²) in [5.41, 5.74) is 3.71. The first-order valence-corrected chi connectivity index (χ1v) is 6.22. The van der Waals surface area contributed by atoms with Crippen molar-refractivity contribution in [2.24, 2.45) is 5.92 Å². The van der Waals surface area contributed by atoms with Crippen LogP contribution in [0.2, 0.25) is 0 Å². The first kappa shape index (κ1) is 12.2. The summed E-state index contributed by atoms with van der Waals surface area (Å²) < 4.78 is 5.32. The Hall–Kier alpha value is -1.31. The Morgan fingerprint density at radius 1 is 1.24 bits per heavy atom. The fraction of sp³-hybridized carbons (Fsp3) is 0.533. The molecule has 1 aliphatic rings. The normalized spacial score (nSPS) is 24.1. The summed E-state index contributed by atoms with van der Waals surface area (Å²) in [5.74, 6) is 1.90. The Balaban J connectivity index is 2.39. The van der Waals surface area contributed by atoms with Gasteiger partial charge in [0, 0.05) is 12.3 Å². The molecule has 1 aromatic carbocycles. The number of rotatable bonds is 2. The molecule has 2 atom stereocenters. The smallest absolute Gasteiger partial charge is 0.136 e. The first-order chi connectivity index (χ1) is 8.04. The van der Waals surface area contributed by atoms with Crippen LogP contribution in [-0.4, -0.2) is 12.9 Å². The lowest BCUT2D eigenvalue weighted by Crippen LogP contribution is -2.10. The molecule has 2 nitrogen and oxygen atoms in total. The third-order valence-corrected chi connectivity index (χ3v) is 4.00. The van der Waals surface area contributed by atoms with Crippen molar-refractivity contribution in [3.63, 3.8) is 0 Å². The zero-order valence-corrected chi connectivity index (χ0v) is 11.0. The molecule has 2 heteroatoms. The van der Waals surface area contributed by atoms with E-state index >= 15 is 0 Å². The van der Waals surface area contributed by atoms with Gasteiger partial charge < -0.3 is 4.74 Å². The molecule has 0 aromatic heterocycles. The first-order valence-electron chi connectivity index (χ1n) is 6.22. The van der Waals surface area contributed by atoms with Gasteiger partial charge in [0.05, 0.1) is 7.11 Å². The number of ether oxygens (including phenoxy) is 1. The molecule has 1 aliphatic carbocycles. The summed E-state index contributed by atoms with van der Waals surface area (Å²) >= 11 is 0. The molecule has 2 unspecified atom stereocenters. The van der Waals surface area contributed by atoms with E-state index in [0.717, 1.165) is 24.2 Å². The SMILES string of the molecule is COc1cc(C)c(C2CCC(=O)C2C)cc1C. The molecule has 1 aromatic rings. The van der Waals surface area contributed by atoms with Crippen LogP contribution in [0.4, 0.5) is 0 Å². The lowest BCUT2D eigenvalue weighted by atomic mass is 9.86. The number of hydrogen-bond donors (Lipinski definition) is 0. The van der Waals surface area contributed by atoms with E-state index in [9.17, 15) is 4.79 Å². The van der Waals surface area contributed by atoms with Gasteiger partial charge >= 0.3 is 0 Å². The third-order valence-electron chi connectivity index (χ3n) is 4.00. The monoisotopic (exact) mass is 232 g/mol. The molecule has 0 heterocycles. The highest BCUT2D eigenvalue weighted by Gasteiger charge is 2.32. The standard InChI is InChI=1S/C15H20O2/c1-9-8-15(17-4)10(2)7-13(9)12-5-6-14(16)11(12)3/h7-8,11-12H,5-6H2,1-4H3. The number of hydrogen-bond acceptors (Lipinski definition) is 2. The topological polar surface area (TPSA) is 26.3 Å². The van der Waals surface area contributed by atoms with E-state index in [1.807, 2.05) is 0 Å². The average Bonchev–Trinajstić information content (AvgIpc) is 2.63. The molecule has 0 bridgehead atoms. The molecule has 17 heavy (non-hydrogen) atoms. The average molecular weight is 232 g/mol. The molecule has 92 valence electrons. The second-order valence-corrected chi connectivity index (χ2v) is 5.08. The second-order valence-electron chi connectivity index (χ2n) is 5.08. The molecule has 0 amide bonds. The second kappa shape index (κ2) is 4.52. The summed E-state index contributed by atoms with van der Waals surface area (Å²) in [5, 5.41) is 0. The van der Waals surface area contributed by atoms with Crippen molar-refractivity contribution in [1.82, 2.24) is 0 Å². The van der Waals surface area contributed by atoms with Crippen molar-refractivity contribution in [1.29, 1.82) is 0 Å². The van der Waals surface area contributed by atoms with E-state index < -0.39 is 0 Å². The van der Waals surface area contributed by atoms with Crippen molar-refractivity contribution in [3.8, 4) is 5.75 Å². The molecule has 0 radical (unpaired) electrons. The van der Waals surface area contributed by atoms with Crippen LogP contribution in [-0.2, 0) is 4.79 Å². The Kier molecular flexibility index (Phi) is 3.23. The molecule has 1 fully saturated rings. The maximum absolute atomic E-state index is 11.7. The van der Waals surface area contributed by atoms with Crippen molar-refractivity contribution in [2.45, 2.75) is 39.5 Å². The minimum absolute atomic E-state index is 0.168. The molecule has 2 rings (SSSR count). The summed E-state index contributed by atoms with van der Waals surface area (Å²) in [6.45, 7) is 6.22. The van der Waals surface area contributed by atoms with Gasteiger partial charge in [0.15, 0.2) is 0 Å². The quantitative estimate of drug-likeness (QED) is 0.781. The van der Waals surface area contributed by atoms with Crippen LogP contribution in [0.15, 0.2) is 12.1 Å². The Morgan fingerprint density at radius 3 is 2.47 bits per heavy atom. The van der Waals surface area contributed by atoms with Gasteiger partial charge in [-0.15, -0.1) is 0 Å². The zero-order chi connectivity index (χ0) is 12.6. The molecular weight excluding hydrogens is 212 g/mol. The number of methoxy groups -OCH3 is 1. The van der Waals surface area contributed by atoms with Gasteiger partial charge in [-0.3, -0.25) is 4.79 Å². The van der Waals surface area contributed by atoms with E-state index in [1.54, 1.807) is 7.11 Å². The predicted octanol–water partition coefficient (Wildman–Crippen LogP) is 3.39. The number of Topliss-reactive ketones (excluding diaryl/α,β-unsaturated/α-hetero) is 1. The van der Waals surface area contributed by atoms with Gasteiger partial charge in [-0.05, 0) is 48.9 Å². The van der Waals surface area contributed by atoms with Crippen LogP contribution in [0.25, 0.3) is 0 Å². The number of carbonyl (C=O) groups excluding carboxylic acids is 1. The van der Waals surface area contributed by atoms with Crippen molar-refractivity contribution in [2.75, 3.05) is 7.11 Å². The Labute approximate surface area is 103 Å². The van der Waals surface area contributed by atoms with Gasteiger partial charge in [-0.2, -0.15) is 0 Å². The third kappa shape index (κ3) is 2.08. The van der Waals surface area contributed by atoms with Gasteiger partial charge in [-0.25, -0.2) is 0 Å². The largest absolute Gasteiger partial charge is 0.496 e. The number of ketones is 1. The maximum Gasteiger partial charge on any atom is 0.136 e. The summed E-state index contributed by atoms with van der Waals surface area (Å²) in [7, 11) is 1.70. The molecule has 0 aliphatic heterocycles. The van der Waals surface area contributed by atoms with Gasteiger partial charge in [0.25, 0.3) is 0 Å². The number of carbonyl (C=O) groups is 1. The van der Waals surface area contributed by atoms with Crippen LogP contribution < -0.4 is 4.74 Å². The summed E-state index contributed by atoms with van der Waals surface area (Å²) in [6.07, 6.45) is 1.73. The Bertz CT molecular complexity index is 448. The van der Waals surface area contributed by atoms with E-state index in [2.05, 4.69) is 32.9 Å². The van der Waals surface area contributed by atoms with Crippen molar-refractivity contribution < 1.29 is 9.53 Å². The van der Waals surface area contributed by atoms with Gasteiger partial charge in [0.2, 0.25) is 0 Å². The highest BCUT2D eigenvalue weighted by Crippen LogP contribution is 2.40. The lowest BCUT2D eigenvalue weighted by molar-refractivity contribution is -0.120. The summed E-state index contributed by atoms with van der Waals surface area (Å²) in [6, 6.07) is 4.27. The maximum atomic E-state index is 11.7. The zero-order valence-electron chi connectivity index (χ0n) is 11.0. The predicted molar refractivity (Wildman–Crippen MR) is 68.6 cm³/mol. The fourth-order valence-electron chi connectivity index (χ4n) is 2.86. The van der Waals surface area contributed by atoms with Crippen LogP contribution >= 0.6 is 0 Å². The van der Waals surface area contributed by atoms with Gasteiger partial charge in [0.1, 0.15) is 11.5 Å². The molecule has 0 spiro atoms. The van der Waals surface area contributed by atoms with E-state index in [0.29, 0.717) is 11.7 Å². The van der Waals surface area contributed by atoms with Crippen LogP contribution in [0.3, 0.4) is 0 Å². The summed E-state index contributed by atoms with van der Waals surface area (Å²) in [4.78, 5) is 11.7. The molecular formula is C15H20O2. The van der Waals surface area contributed by atoms with Crippen LogP contribution in [0.1, 0.15) is 42.4 Å².